The van der Waals surface area contributed by atoms with Gasteiger partial charge in [-0.15, -0.1) is 11.3 Å². The number of nitriles is 1. The van der Waals surface area contributed by atoms with Crippen molar-refractivity contribution in [2.75, 3.05) is 0 Å². The highest BCUT2D eigenvalue weighted by Crippen LogP contribution is 2.29. The van der Waals surface area contributed by atoms with Gasteiger partial charge < -0.3 is 0 Å². The zero-order chi connectivity index (χ0) is 10.8. The molecular formula is C11H16N2S. The highest BCUT2D eigenvalue weighted by atomic mass is 32.1. The summed E-state index contributed by atoms with van der Waals surface area (Å²) in [6.07, 6.45) is 1.36. The largest absolute Gasteiger partial charge is 0.245 e. The van der Waals surface area contributed by atoms with Gasteiger partial charge in [0.15, 0.2) is 0 Å². The molecule has 0 aliphatic heterocycles. The molecule has 1 heterocycles. The minimum atomic E-state index is 0.117. The minimum absolute atomic E-state index is 0.117. The molecule has 76 valence electrons. The van der Waals surface area contributed by atoms with E-state index in [4.69, 9.17) is 5.26 Å². The minimum Gasteiger partial charge on any atom is -0.245 e. The van der Waals surface area contributed by atoms with Gasteiger partial charge >= 0.3 is 0 Å². The second-order valence-electron chi connectivity index (χ2n) is 4.42. The standard InChI is InChI=1S/C11H16N2S/c1-8-10(11(2,3)4)13-9(14-8)6-5-7-12/h5-6H2,1-4H3. The Kier molecular flexibility index (Phi) is 3.28. The lowest BCUT2D eigenvalue weighted by Crippen LogP contribution is -2.13. The lowest BCUT2D eigenvalue weighted by molar-refractivity contribution is 0.567. The summed E-state index contributed by atoms with van der Waals surface area (Å²) < 4.78 is 0. The van der Waals surface area contributed by atoms with Gasteiger partial charge in [-0.05, 0) is 6.92 Å². The molecule has 14 heavy (non-hydrogen) atoms. The molecule has 3 heteroatoms. The van der Waals surface area contributed by atoms with E-state index in [0.29, 0.717) is 6.42 Å². The summed E-state index contributed by atoms with van der Waals surface area (Å²) in [5.74, 6) is 0. The van der Waals surface area contributed by atoms with Crippen LogP contribution in [0.5, 0.6) is 0 Å². The average Bonchev–Trinajstić information content (AvgIpc) is 2.42. The number of rotatable bonds is 2. The molecule has 0 aromatic carbocycles. The molecule has 1 rings (SSSR count). The van der Waals surface area contributed by atoms with Gasteiger partial charge in [-0.3, -0.25) is 0 Å². The lowest BCUT2D eigenvalue weighted by Gasteiger charge is -2.16. The molecule has 1 aromatic rings. The van der Waals surface area contributed by atoms with Gasteiger partial charge in [0.25, 0.3) is 0 Å². The molecule has 0 amide bonds. The van der Waals surface area contributed by atoms with E-state index in [-0.39, 0.29) is 5.41 Å². The van der Waals surface area contributed by atoms with E-state index in [1.54, 1.807) is 11.3 Å². The van der Waals surface area contributed by atoms with Gasteiger partial charge in [-0.2, -0.15) is 5.26 Å². The van der Waals surface area contributed by atoms with E-state index in [1.807, 2.05) is 0 Å². The summed E-state index contributed by atoms with van der Waals surface area (Å²) in [6.45, 7) is 8.61. The molecule has 0 spiro atoms. The van der Waals surface area contributed by atoms with Crippen LogP contribution in [0.1, 0.15) is 42.8 Å². The highest BCUT2D eigenvalue weighted by molar-refractivity contribution is 7.11. The first kappa shape index (κ1) is 11.2. The fourth-order valence-electron chi connectivity index (χ4n) is 1.42. The summed E-state index contributed by atoms with van der Waals surface area (Å²) in [7, 11) is 0. The fraction of sp³-hybridized carbons (Fsp3) is 0.636. The molecule has 0 saturated carbocycles. The van der Waals surface area contributed by atoms with E-state index in [0.717, 1.165) is 11.4 Å². The van der Waals surface area contributed by atoms with E-state index in [9.17, 15) is 0 Å². The number of hydrogen-bond donors (Lipinski definition) is 0. The Morgan fingerprint density at radius 1 is 1.43 bits per heavy atom. The Bertz CT molecular complexity index is 352. The van der Waals surface area contributed by atoms with E-state index in [2.05, 4.69) is 38.7 Å². The van der Waals surface area contributed by atoms with Crippen LogP contribution in [0.4, 0.5) is 0 Å². The van der Waals surface area contributed by atoms with Crippen molar-refractivity contribution in [3.05, 3.63) is 15.6 Å². The quantitative estimate of drug-likeness (QED) is 0.748. The van der Waals surface area contributed by atoms with Crippen LogP contribution in [-0.2, 0) is 11.8 Å². The first-order valence-electron chi connectivity index (χ1n) is 4.79. The van der Waals surface area contributed by atoms with Crippen molar-refractivity contribution in [2.45, 2.75) is 46.0 Å². The molecule has 0 atom stereocenters. The topological polar surface area (TPSA) is 36.7 Å². The zero-order valence-electron chi connectivity index (χ0n) is 9.22. The van der Waals surface area contributed by atoms with Crippen LogP contribution in [0.2, 0.25) is 0 Å². The molecule has 0 bridgehead atoms. The molecule has 0 fully saturated rings. The number of aromatic nitrogens is 1. The molecule has 0 N–H and O–H groups in total. The molecule has 0 aliphatic carbocycles. The summed E-state index contributed by atoms with van der Waals surface area (Å²) in [4.78, 5) is 5.87. The maximum absolute atomic E-state index is 8.49. The maximum atomic E-state index is 8.49. The molecule has 0 aliphatic rings. The molecule has 0 radical (unpaired) electrons. The SMILES string of the molecule is Cc1sc(CCC#N)nc1C(C)(C)C. The van der Waals surface area contributed by atoms with Gasteiger partial charge in [-0.1, -0.05) is 20.8 Å². The van der Waals surface area contributed by atoms with Crippen molar-refractivity contribution in [1.29, 1.82) is 5.26 Å². The third kappa shape index (κ3) is 2.55. The van der Waals surface area contributed by atoms with Crippen LogP contribution in [0.15, 0.2) is 0 Å². The van der Waals surface area contributed by atoms with Crippen LogP contribution >= 0.6 is 11.3 Å². The van der Waals surface area contributed by atoms with E-state index >= 15 is 0 Å². The van der Waals surface area contributed by atoms with Gasteiger partial charge in [0.2, 0.25) is 0 Å². The summed E-state index contributed by atoms with van der Waals surface area (Å²) in [5.41, 5.74) is 1.29. The predicted molar refractivity (Wildman–Crippen MR) is 59.5 cm³/mol. The van der Waals surface area contributed by atoms with E-state index < -0.39 is 0 Å². The molecule has 0 unspecified atom stereocenters. The Morgan fingerprint density at radius 3 is 2.50 bits per heavy atom. The van der Waals surface area contributed by atoms with Crippen molar-refractivity contribution >= 4 is 11.3 Å². The van der Waals surface area contributed by atoms with Crippen LogP contribution in [0.25, 0.3) is 0 Å². The first-order valence-corrected chi connectivity index (χ1v) is 5.60. The summed E-state index contributed by atoms with van der Waals surface area (Å²) in [6, 6.07) is 2.15. The highest BCUT2D eigenvalue weighted by Gasteiger charge is 2.20. The van der Waals surface area contributed by atoms with Gasteiger partial charge in [0, 0.05) is 23.1 Å². The van der Waals surface area contributed by atoms with Crippen molar-refractivity contribution < 1.29 is 0 Å². The van der Waals surface area contributed by atoms with Crippen LogP contribution < -0.4 is 0 Å². The average molecular weight is 208 g/mol. The summed E-state index contributed by atoms with van der Waals surface area (Å²) >= 11 is 1.72. The number of nitrogens with zero attached hydrogens (tertiary/aromatic N) is 2. The molecule has 1 aromatic heterocycles. The Morgan fingerprint density at radius 2 is 2.07 bits per heavy atom. The Hall–Kier alpha value is -0.880. The predicted octanol–water partition coefficient (Wildman–Crippen LogP) is 3.21. The lowest BCUT2D eigenvalue weighted by atomic mass is 9.91. The number of thiazole rings is 1. The second kappa shape index (κ2) is 4.10. The smallest absolute Gasteiger partial charge is 0.0941 e. The molecule has 2 nitrogen and oxygen atoms in total. The van der Waals surface area contributed by atoms with Gasteiger partial charge in [-0.25, -0.2) is 4.98 Å². The Balaban J connectivity index is 2.89. The van der Waals surface area contributed by atoms with Gasteiger partial charge in [0.1, 0.15) is 0 Å². The number of aryl methyl sites for hydroxylation is 2. The number of hydrogen-bond acceptors (Lipinski definition) is 3. The first-order chi connectivity index (χ1) is 6.45. The van der Waals surface area contributed by atoms with Crippen molar-refractivity contribution in [2.24, 2.45) is 0 Å². The second-order valence-corrected chi connectivity index (χ2v) is 5.71. The monoisotopic (exact) mass is 208 g/mol. The van der Waals surface area contributed by atoms with Gasteiger partial charge in [0.05, 0.1) is 16.8 Å². The van der Waals surface area contributed by atoms with Crippen LogP contribution in [-0.4, -0.2) is 4.98 Å². The normalized spacial score (nSPS) is 11.4. The van der Waals surface area contributed by atoms with Crippen molar-refractivity contribution in [3.63, 3.8) is 0 Å². The third-order valence-corrected chi connectivity index (χ3v) is 3.03. The van der Waals surface area contributed by atoms with Crippen molar-refractivity contribution in [3.8, 4) is 6.07 Å². The molecular weight excluding hydrogens is 192 g/mol. The van der Waals surface area contributed by atoms with Crippen molar-refractivity contribution in [1.82, 2.24) is 4.98 Å². The maximum Gasteiger partial charge on any atom is 0.0941 e. The molecule has 0 saturated heterocycles. The third-order valence-electron chi connectivity index (χ3n) is 2.00. The van der Waals surface area contributed by atoms with Crippen LogP contribution in [0.3, 0.4) is 0 Å². The zero-order valence-corrected chi connectivity index (χ0v) is 10.0. The Labute approximate surface area is 89.6 Å². The fourth-order valence-corrected chi connectivity index (χ4v) is 2.56. The van der Waals surface area contributed by atoms with E-state index in [1.165, 1.54) is 10.6 Å². The summed E-state index contributed by atoms with van der Waals surface area (Å²) in [5, 5.41) is 9.58. The van der Waals surface area contributed by atoms with Crippen LogP contribution in [0, 0.1) is 18.3 Å².